The molecular weight excluding hydrogens is 318 g/mol. The first-order valence-corrected chi connectivity index (χ1v) is 8.79. The van der Waals surface area contributed by atoms with Crippen LogP contribution in [0.3, 0.4) is 0 Å². The Morgan fingerprint density at radius 1 is 1.35 bits per heavy atom. The molecular formula is C12H22ClN3O2S2. The van der Waals surface area contributed by atoms with Crippen LogP contribution in [-0.4, -0.2) is 44.4 Å². The fourth-order valence-corrected chi connectivity index (χ4v) is 5.60. The van der Waals surface area contributed by atoms with E-state index in [1.54, 1.807) is 11.2 Å². The van der Waals surface area contributed by atoms with Gasteiger partial charge in [0.2, 0.25) is 0 Å². The third-order valence-electron chi connectivity index (χ3n) is 3.50. The highest BCUT2D eigenvalue weighted by Crippen LogP contribution is 2.29. The van der Waals surface area contributed by atoms with Gasteiger partial charge in [-0.3, -0.25) is 0 Å². The third kappa shape index (κ3) is 3.71. The first kappa shape index (κ1) is 17.8. The van der Waals surface area contributed by atoms with E-state index in [-0.39, 0.29) is 12.4 Å². The van der Waals surface area contributed by atoms with Crippen LogP contribution in [-0.2, 0) is 10.0 Å². The van der Waals surface area contributed by atoms with Crippen LogP contribution in [0.15, 0.2) is 4.21 Å². The van der Waals surface area contributed by atoms with E-state index >= 15 is 0 Å². The molecule has 1 aliphatic heterocycles. The van der Waals surface area contributed by atoms with E-state index < -0.39 is 10.0 Å². The summed E-state index contributed by atoms with van der Waals surface area (Å²) in [7, 11) is -1.40. The van der Waals surface area contributed by atoms with E-state index in [9.17, 15) is 8.42 Å². The molecule has 5 nitrogen and oxygen atoms in total. The number of aryl methyl sites for hydroxylation is 2. The third-order valence-corrected chi connectivity index (χ3v) is 7.06. The summed E-state index contributed by atoms with van der Waals surface area (Å²) in [6.07, 6.45) is 1.85. The van der Waals surface area contributed by atoms with Crippen LogP contribution in [0.1, 0.15) is 23.5 Å². The maximum Gasteiger partial charge on any atom is 0.254 e. The number of hydrogen-bond acceptors (Lipinski definition) is 5. The smallest absolute Gasteiger partial charge is 0.254 e. The van der Waals surface area contributed by atoms with Gasteiger partial charge >= 0.3 is 0 Å². The topological polar surface area (TPSA) is 62.3 Å². The van der Waals surface area contributed by atoms with Gasteiger partial charge in [-0.25, -0.2) is 13.4 Å². The summed E-state index contributed by atoms with van der Waals surface area (Å²) in [5.41, 5.74) is 0.625. The van der Waals surface area contributed by atoms with E-state index in [1.165, 1.54) is 11.3 Å². The average Bonchev–Trinajstić information content (AvgIpc) is 2.70. The van der Waals surface area contributed by atoms with Crippen molar-refractivity contribution in [1.82, 2.24) is 14.6 Å². The molecule has 0 aromatic carbocycles. The number of aromatic nitrogens is 1. The number of hydrogen-bond donors (Lipinski definition) is 1. The summed E-state index contributed by atoms with van der Waals surface area (Å²) in [6.45, 7) is 5.81. The summed E-state index contributed by atoms with van der Waals surface area (Å²) < 4.78 is 27.2. The largest absolute Gasteiger partial charge is 0.319 e. The Bertz CT molecular complexity index is 537. The van der Waals surface area contributed by atoms with Gasteiger partial charge in [-0.1, -0.05) is 0 Å². The molecule has 2 heterocycles. The Hall–Kier alpha value is -0.210. The molecule has 1 aromatic heterocycles. The van der Waals surface area contributed by atoms with Crippen molar-refractivity contribution in [2.75, 3.05) is 26.7 Å². The minimum atomic E-state index is -3.34. The summed E-state index contributed by atoms with van der Waals surface area (Å²) >= 11 is 1.27. The lowest BCUT2D eigenvalue weighted by Gasteiger charge is -2.30. The molecule has 0 atom stereocenters. The highest BCUT2D eigenvalue weighted by Gasteiger charge is 2.31. The van der Waals surface area contributed by atoms with Gasteiger partial charge in [0, 0.05) is 13.1 Å². The number of rotatable bonds is 4. The number of piperidine rings is 1. The van der Waals surface area contributed by atoms with E-state index in [0.717, 1.165) is 24.4 Å². The molecule has 0 bridgehead atoms. The number of nitrogens with one attached hydrogen (secondary N) is 1. The molecule has 1 aromatic rings. The minimum Gasteiger partial charge on any atom is -0.319 e. The average molecular weight is 340 g/mol. The van der Waals surface area contributed by atoms with E-state index in [0.29, 0.717) is 28.9 Å². The molecule has 1 saturated heterocycles. The van der Waals surface area contributed by atoms with E-state index in [1.807, 2.05) is 14.0 Å². The molecule has 1 aliphatic rings. The van der Waals surface area contributed by atoms with Gasteiger partial charge in [-0.15, -0.1) is 23.7 Å². The number of thiazole rings is 1. The lowest BCUT2D eigenvalue weighted by molar-refractivity contribution is 0.271. The second kappa shape index (κ2) is 7.17. The standard InChI is InChI=1S/C12H21N3O2S2.ClH/c1-9-12(18-10(2)14-9)19(16,17)15-6-4-11(5-7-15)8-13-3;/h11,13H,4-8H2,1-3H3;1H. The van der Waals surface area contributed by atoms with Gasteiger partial charge in [0.15, 0.2) is 4.21 Å². The first-order chi connectivity index (χ1) is 8.95. The van der Waals surface area contributed by atoms with Gasteiger partial charge in [-0.05, 0) is 46.2 Å². The zero-order valence-electron chi connectivity index (χ0n) is 12.0. The van der Waals surface area contributed by atoms with E-state index in [4.69, 9.17) is 0 Å². The maximum atomic E-state index is 12.6. The Morgan fingerprint density at radius 3 is 2.40 bits per heavy atom. The van der Waals surface area contributed by atoms with Crippen LogP contribution >= 0.6 is 23.7 Å². The van der Waals surface area contributed by atoms with Crippen LogP contribution in [0.2, 0.25) is 0 Å². The predicted octanol–water partition coefficient (Wildman–Crippen LogP) is 1.80. The summed E-state index contributed by atoms with van der Waals surface area (Å²) in [5.74, 6) is 0.584. The Balaban J connectivity index is 0.00000200. The van der Waals surface area contributed by atoms with Crippen molar-refractivity contribution < 1.29 is 8.42 Å². The highest BCUT2D eigenvalue weighted by atomic mass is 35.5. The van der Waals surface area contributed by atoms with Gasteiger partial charge in [0.1, 0.15) is 0 Å². The van der Waals surface area contributed by atoms with Crippen LogP contribution < -0.4 is 5.32 Å². The maximum absolute atomic E-state index is 12.6. The molecule has 1 fully saturated rings. The number of nitrogens with zero attached hydrogens (tertiary/aromatic N) is 2. The van der Waals surface area contributed by atoms with E-state index in [2.05, 4.69) is 10.3 Å². The normalized spacial score (nSPS) is 17.9. The number of sulfonamides is 1. The Labute approximate surface area is 131 Å². The molecule has 116 valence electrons. The lowest BCUT2D eigenvalue weighted by Crippen LogP contribution is -2.40. The Kier molecular flexibility index (Phi) is 6.40. The minimum absolute atomic E-state index is 0. The van der Waals surface area contributed by atoms with Crippen molar-refractivity contribution in [3.8, 4) is 0 Å². The highest BCUT2D eigenvalue weighted by molar-refractivity contribution is 7.91. The van der Waals surface area contributed by atoms with Crippen molar-refractivity contribution in [3.63, 3.8) is 0 Å². The zero-order chi connectivity index (χ0) is 14.0. The monoisotopic (exact) mass is 339 g/mol. The van der Waals surface area contributed by atoms with Crippen LogP contribution in [0, 0.1) is 19.8 Å². The van der Waals surface area contributed by atoms with Gasteiger partial charge in [-0.2, -0.15) is 4.31 Å². The lowest BCUT2D eigenvalue weighted by atomic mass is 9.98. The first-order valence-electron chi connectivity index (χ1n) is 6.54. The van der Waals surface area contributed by atoms with Crippen molar-refractivity contribution in [3.05, 3.63) is 10.7 Å². The molecule has 0 saturated carbocycles. The van der Waals surface area contributed by atoms with Crippen LogP contribution in [0.4, 0.5) is 0 Å². The Morgan fingerprint density at radius 2 is 1.95 bits per heavy atom. The van der Waals surface area contributed by atoms with Crippen molar-refractivity contribution in [2.45, 2.75) is 30.9 Å². The molecule has 0 unspecified atom stereocenters. The molecule has 0 amide bonds. The van der Waals surface area contributed by atoms with Crippen LogP contribution in [0.25, 0.3) is 0 Å². The van der Waals surface area contributed by atoms with Crippen LogP contribution in [0.5, 0.6) is 0 Å². The molecule has 0 aliphatic carbocycles. The molecule has 1 N–H and O–H groups in total. The second-order valence-electron chi connectivity index (χ2n) is 5.01. The molecule has 0 spiro atoms. The SMILES string of the molecule is CNCC1CCN(S(=O)(=O)c2sc(C)nc2C)CC1.Cl. The quantitative estimate of drug-likeness (QED) is 0.908. The predicted molar refractivity (Wildman–Crippen MR) is 84.2 cm³/mol. The van der Waals surface area contributed by atoms with Gasteiger partial charge < -0.3 is 5.32 Å². The molecule has 2 rings (SSSR count). The molecule has 20 heavy (non-hydrogen) atoms. The summed E-state index contributed by atoms with van der Waals surface area (Å²) in [6, 6.07) is 0. The van der Waals surface area contributed by atoms with Crippen molar-refractivity contribution in [2.24, 2.45) is 5.92 Å². The fraction of sp³-hybridized carbons (Fsp3) is 0.750. The molecule has 0 radical (unpaired) electrons. The van der Waals surface area contributed by atoms with Gasteiger partial charge in [0.25, 0.3) is 10.0 Å². The molecule has 8 heteroatoms. The van der Waals surface area contributed by atoms with Crippen molar-refractivity contribution >= 4 is 33.8 Å². The number of halogens is 1. The zero-order valence-corrected chi connectivity index (χ0v) is 14.5. The summed E-state index contributed by atoms with van der Waals surface area (Å²) in [5, 5.41) is 3.97. The fourth-order valence-electron chi connectivity index (χ4n) is 2.51. The second-order valence-corrected chi connectivity index (χ2v) is 8.35. The summed E-state index contributed by atoms with van der Waals surface area (Å²) in [4.78, 5) is 4.22. The van der Waals surface area contributed by atoms with Crippen molar-refractivity contribution in [1.29, 1.82) is 0 Å². The van der Waals surface area contributed by atoms with Gasteiger partial charge in [0.05, 0.1) is 10.7 Å².